The first-order valence-corrected chi connectivity index (χ1v) is 7.91. The van der Waals surface area contributed by atoms with E-state index < -0.39 is 0 Å². The van der Waals surface area contributed by atoms with Crippen molar-refractivity contribution in [3.63, 3.8) is 0 Å². The van der Waals surface area contributed by atoms with Gasteiger partial charge < -0.3 is 14.4 Å². The van der Waals surface area contributed by atoms with E-state index in [1.807, 2.05) is 4.90 Å². The quantitative estimate of drug-likeness (QED) is 0.740. The fourth-order valence-corrected chi connectivity index (χ4v) is 3.23. The minimum Gasteiger partial charge on any atom is -0.379 e. The van der Waals surface area contributed by atoms with E-state index in [0.717, 1.165) is 51.9 Å². The number of rotatable bonds is 5. The van der Waals surface area contributed by atoms with Gasteiger partial charge in [0.2, 0.25) is 5.91 Å². The summed E-state index contributed by atoms with van der Waals surface area (Å²) in [6.45, 7) is 8.63. The molecule has 3 fully saturated rings. The maximum Gasteiger partial charge on any atom is 0.248 e. The van der Waals surface area contributed by atoms with Gasteiger partial charge in [0.15, 0.2) is 0 Å². The Bertz CT molecular complexity index is 340. The predicted molar refractivity (Wildman–Crippen MR) is 75.5 cm³/mol. The number of carbonyl (C=O) groups is 1. The molecule has 1 amide bonds. The highest BCUT2D eigenvalue weighted by Gasteiger charge is 2.36. The van der Waals surface area contributed by atoms with Gasteiger partial charge in [-0.15, -0.1) is 0 Å². The lowest BCUT2D eigenvalue weighted by atomic mass is 10.0. The Morgan fingerprint density at radius 1 is 1.25 bits per heavy atom. The lowest BCUT2D eigenvalue weighted by Gasteiger charge is -2.33. The van der Waals surface area contributed by atoms with Gasteiger partial charge in [0, 0.05) is 32.2 Å². The average Bonchev–Trinajstić information content (AvgIpc) is 3.20. The fourth-order valence-electron chi connectivity index (χ4n) is 3.23. The zero-order chi connectivity index (χ0) is 13.9. The van der Waals surface area contributed by atoms with Crippen molar-refractivity contribution in [3.05, 3.63) is 0 Å². The van der Waals surface area contributed by atoms with Crippen LogP contribution in [0.25, 0.3) is 0 Å². The van der Waals surface area contributed by atoms with Crippen LogP contribution in [0.5, 0.6) is 0 Å². The van der Waals surface area contributed by atoms with Gasteiger partial charge in [0.05, 0.1) is 19.8 Å². The fraction of sp³-hybridized carbons (Fsp3) is 0.933. The molecule has 0 spiro atoms. The van der Waals surface area contributed by atoms with Gasteiger partial charge in [0.1, 0.15) is 6.61 Å². The molecule has 20 heavy (non-hydrogen) atoms. The molecule has 0 bridgehead atoms. The second-order valence-corrected chi connectivity index (χ2v) is 6.45. The van der Waals surface area contributed by atoms with Gasteiger partial charge in [0.25, 0.3) is 0 Å². The molecule has 5 nitrogen and oxygen atoms in total. The monoisotopic (exact) mass is 282 g/mol. The molecule has 5 heteroatoms. The third-order valence-corrected chi connectivity index (χ3v) is 4.72. The van der Waals surface area contributed by atoms with Crippen LogP contribution in [0.2, 0.25) is 0 Å². The summed E-state index contributed by atoms with van der Waals surface area (Å²) in [7, 11) is 0. The van der Waals surface area contributed by atoms with Gasteiger partial charge in [-0.25, -0.2) is 0 Å². The third-order valence-electron chi connectivity index (χ3n) is 4.72. The summed E-state index contributed by atoms with van der Waals surface area (Å²) in [4.78, 5) is 16.6. The number of morpholine rings is 1. The summed E-state index contributed by atoms with van der Waals surface area (Å²) in [5, 5.41) is 0. The standard InChI is InChI=1S/C15H26N2O3/c1-12-8-17(15(18)11-20-10-13-2-3-13)9-14(12)16-4-6-19-7-5-16/h12-14H,2-11H2,1H3/t12-,14-/m0/s1. The SMILES string of the molecule is C[C@H]1CN(C(=O)COCC2CC2)C[C@@H]1N1CCOCC1. The van der Waals surface area contributed by atoms with Crippen LogP contribution < -0.4 is 0 Å². The number of hydrogen-bond acceptors (Lipinski definition) is 4. The second kappa shape index (κ2) is 6.41. The van der Waals surface area contributed by atoms with Crippen LogP contribution in [0.4, 0.5) is 0 Å². The maximum absolute atomic E-state index is 12.2. The highest BCUT2D eigenvalue weighted by Crippen LogP contribution is 2.29. The van der Waals surface area contributed by atoms with Crippen LogP contribution >= 0.6 is 0 Å². The number of hydrogen-bond donors (Lipinski definition) is 0. The minimum absolute atomic E-state index is 0.160. The zero-order valence-corrected chi connectivity index (χ0v) is 12.4. The lowest BCUT2D eigenvalue weighted by molar-refractivity contribution is -0.135. The average molecular weight is 282 g/mol. The van der Waals surface area contributed by atoms with Crippen LogP contribution in [-0.2, 0) is 14.3 Å². The van der Waals surface area contributed by atoms with Crippen molar-refractivity contribution in [2.75, 3.05) is 52.6 Å². The molecule has 0 aromatic carbocycles. The van der Waals surface area contributed by atoms with E-state index in [0.29, 0.717) is 12.0 Å². The number of amides is 1. The van der Waals surface area contributed by atoms with Crippen LogP contribution in [-0.4, -0.2) is 74.4 Å². The van der Waals surface area contributed by atoms with E-state index in [4.69, 9.17) is 9.47 Å². The van der Waals surface area contributed by atoms with E-state index in [1.165, 1.54) is 12.8 Å². The Morgan fingerprint density at radius 2 is 2.00 bits per heavy atom. The van der Waals surface area contributed by atoms with Gasteiger partial charge in [-0.1, -0.05) is 6.92 Å². The molecule has 2 atom stereocenters. The van der Waals surface area contributed by atoms with Gasteiger partial charge in [-0.05, 0) is 24.7 Å². The summed E-state index contributed by atoms with van der Waals surface area (Å²) in [5.74, 6) is 1.43. The van der Waals surface area contributed by atoms with Crippen molar-refractivity contribution >= 4 is 5.91 Å². The number of ether oxygens (including phenoxy) is 2. The van der Waals surface area contributed by atoms with Gasteiger partial charge >= 0.3 is 0 Å². The first-order valence-electron chi connectivity index (χ1n) is 7.91. The van der Waals surface area contributed by atoms with Crippen LogP contribution in [0.1, 0.15) is 19.8 Å². The molecule has 0 aromatic heterocycles. The summed E-state index contributed by atoms with van der Waals surface area (Å²) in [6.07, 6.45) is 2.54. The highest BCUT2D eigenvalue weighted by molar-refractivity contribution is 5.77. The van der Waals surface area contributed by atoms with Crippen molar-refractivity contribution in [1.82, 2.24) is 9.80 Å². The molecule has 0 unspecified atom stereocenters. The molecule has 3 aliphatic rings. The number of likely N-dealkylation sites (tertiary alicyclic amines) is 1. The van der Waals surface area contributed by atoms with E-state index in [-0.39, 0.29) is 12.5 Å². The summed E-state index contributed by atoms with van der Waals surface area (Å²) >= 11 is 0. The topological polar surface area (TPSA) is 42.0 Å². The van der Waals surface area contributed by atoms with Crippen LogP contribution in [0.3, 0.4) is 0 Å². The Hall–Kier alpha value is -0.650. The van der Waals surface area contributed by atoms with Crippen molar-refractivity contribution < 1.29 is 14.3 Å². The Kier molecular flexibility index (Phi) is 4.58. The maximum atomic E-state index is 12.2. The van der Waals surface area contributed by atoms with E-state index in [2.05, 4.69) is 11.8 Å². The lowest BCUT2D eigenvalue weighted by Crippen LogP contribution is -2.47. The number of nitrogens with zero attached hydrogens (tertiary/aromatic N) is 2. The first kappa shape index (κ1) is 14.3. The molecular weight excluding hydrogens is 256 g/mol. The zero-order valence-electron chi connectivity index (χ0n) is 12.4. The molecule has 0 radical (unpaired) electrons. The summed E-state index contributed by atoms with van der Waals surface area (Å²) in [5.41, 5.74) is 0. The minimum atomic E-state index is 0.160. The molecule has 2 heterocycles. The molecule has 0 aromatic rings. The van der Waals surface area contributed by atoms with Gasteiger partial charge in [-0.2, -0.15) is 0 Å². The molecule has 1 saturated carbocycles. The molecule has 0 N–H and O–H groups in total. The highest BCUT2D eigenvalue weighted by atomic mass is 16.5. The smallest absolute Gasteiger partial charge is 0.248 e. The van der Waals surface area contributed by atoms with Crippen molar-refractivity contribution in [1.29, 1.82) is 0 Å². The second-order valence-electron chi connectivity index (χ2n) is 6.45. The number of carbonyl (C=O) groups excluding carboxylic acids is 1. The third kappa shape index (κ3) is 3.51. The summed E-state index contributed by atoms with van der Waals surface area (Å²) < 4.78 is 10.9. The Morgan fingerprint density at radius 3 is 2.70 bits per heavy atom. The predicted octanol–water partition coefficient (Wildman–Crippen LogP) is 0.592. The van der Waals surface area contributed by atoms with E-state index in [1.54, 1.807) is 0 Å². The van der Waals surface area contributed by atoms with E-state index >= 15 is 0 Å². The molecule has 3 rings (SSSR count). The molecular formula is C15H26N2O3. The molecule has 2 saturated heterocycles. The molecule has 2 aliphatic heterocycles. The van der Waals surface area contributed by atoms with Crippen molar-refractivity contribution in [2.24, 2.45) is 11.8 Å². The molecule has 114 valence electrons. The summed E-state index contributed by atoms with van der Waals surface area (Å²) in [6, 6.07) is 0.492. The Labute approximate surface area is 121 Å². The molecule has 1 aliphatic carbocycles. The van der Waals surface area contributed by atoms with Crippen molar-refractivity contribution in [3.8, 4) is 0 Å². The van der Waals surface area contributed by atoms with Gasteiger partial charge in [-0.3, -0.25) is 9.69 Å². The normalized spacial score (nSPS) is 31.8. The Balaban J connectivity index is 1.44. The van der Waals surface area contributed by atoms with Crippen molar-refractivity contribution in [2.45, 2.75) is 25.8 Å². The van der Waals surface area contributed by atoms with E-state index in [9.17, 15) is 4.79 Å². The van der Waals surface area contributed by atoms with Crippen LogP contribution in [0.15, 0.2) is 0 Å². The first-order chi connectivity index (χ1) is 9.74. The largest absolute Gasteiger partial charge is 0.379 e. The van der Waals surface area contributed by atoms with Crippen LogP contribution in [0, 0.1) is 11.8 Å².